The molecule has 0 spiro atoms. The van der Waals surface area contributed by atoms with Crippen LogP contribution in [0.5, 0.6) is 0 Å². The van der Waals surface area contributed by atoms with Crippen molar-refractivity contribution in [3.05, 3.63) is 34.9 Å². The Bertz CT molecular complexity index is 578. The minimum absolute atomic E-state index is 0. The Morgan fingerprint density at radius 1 is 1.11 bits per heavy atom. The van der Waals surface area contributed by atoms with Gasteiger partial charge in [-0.25, -0.2) is 0 Å². The number of nitrogens with one attached hydrogen (secondary N) is 2. The van der Waals surface area contributed by atoms with Gasteiger partial charge >= 0.3 is 0 Å². The van der Waals surface area contributed by atoms with E-state index in [2.05, 4.69) is 68.6 Å². The minimum Gasteiger partial charge on any atom is -0.381 e. The standard InChI is InChI=1S/C21H36N4O.HI/c1-6-22-20(23-10-7-19-14-17(2)13-18(3)15-19)24-16-21(25(4)5)8-11-26-12-9-21;/h13-15H,6-12,16H2,1-5H3,(H2,22,23,24);1H. The molecule has 0 radical (unpaired) electrons. The van der Waals surface area contributed by atoms with Crippen LogP contribution in [0.25, 0.3) is 0 Å². The lowest BCUT2D eigenvalue weighted by Crippen LogP contribution is -2.51. The summed E-state index contributed by atoms with van der Waals surface area (Å²) in [7, 11) is 4.31. The summed E-state index contributed by atoms with van der Waals surface area (Å²) < 4.78 is 5.56. The van der Waals surface area contributed by atoms with Gasteiger partial charge in [-0.05, 0) is 59.7 Å². The summed E-state index contributed by atoms with van der Waals surface area (Å²) >= 11 is 0. The molecule has 0 unspecified atom stereocenters. The fraction of sp³-hybridized carbons (Fsp3) is 0.667. The number of likely N-dealkylation sites (N-methyl/N-ethyl adjacent to an activating group) is 1. The fourth-order valence-electron chi connectivity index (χ4n) is 3.60. The van der Waals surface area contributed by atoms with Crippen LogP contribution in [0.3, 0.4) is 0 Å². The number of benzene rings is 1. The third-order valence-electron chi connectivity index (χ3n) is 5.24. The number of ether oxygens (including phenoxy) is 1. The maximum Gasteiger partial charge on any atom is 0.191 e. The molecule has 6 heteroatoms. The lowest BCUT2D eigenvalue weighted by molar-refractivity contribution is -0.00254. The molecule has 0 atom stereocenters. The van der Waals surface area contributed by atoms with E-state index in [9.17, 15) is 0 Å². The Kier molecular flexibility index (Phi) is 10.6. The molecule has 1 aliphatic heterocycles. The number of hydrogen-bond donors (Lipinski definition) is 2. The van der Waals surface area contributed by atoms with Gasteiger partial charge in [-0.15, -0.1) is 24.0 Å². The summed E-state index contributed by atoms with van der Waals surface area (Å²) in [5.74, 6) is 0.907. The number of halogens is 1. The van der Waals surface area contributed by atoms with Crippen LogP contribution in [-0.4, -0.2) is 63.3 Å². The fourth-order valence-corrected chi connectivity index (χ4v) is 3.60. The first-order valence-electron chi connectivity index (χ1n) is 9.80. The summed E-state index contributed by atoms with van der Waals surface area (Å²) in [4.78, 5) is 7.21. The number of aryl methyl sites for hydroxylation is 2. The second kappa shape index (κ2) is 11.9. The van der Waals surface area contributed by atoms with Crippen LogP contribution < -0.4 is 10.6 Å². The lowest BCUT2D eigenvalue weighted by Gasteiger charge is -2.41. The highest BCUT2D eigenvalue weighted by Crippen LogP contribution is 2.26. The van der Waals surface area contributed by atoms with Gasteiger partial charge in [0.15, 0.2) is 5.96 Å². The molecule has 1 aliphatic rings. The Labute approximate surface area is 182 Å². The van der Waals surface area contributed by atoms with E-state index in [-0.39, 0.29) is 29.5 Å². The molecule has 1 aromatic rings. The predicted molar refractivity (Wildman–Crippen MR) is 125 cm³/mol. The van der Waals surface area contributed by atoms with Gasteiger partial charge in [-0.3, -0.25) is 4.99 Å². The van der Waals surface area contributed by atoms with Crippen molar-refractivity contribution in [2.45, 2.75) is 45.6 Å². The lowest BCUT2D eigenvalue weighted by atomic mass is 9.89. The van der Waals surface area contributed by atoms with E-state index >= 15 is 0 Å². The third kappa shape index (κ3) is 7.58. The van der Waals surface area contributed by atoms with Crippen molar-refractivity contribution in [3.63, 3.8) is 0 Å². The van der Waals surface area contributed by atoms with E-state index < -0.39 is 0 Å². The molecular weight excluding hydrogens is 451 g/mol. The molecule has 27 heavy (non-hydrogen) atoms. The normalized spacial score (nSPS) is 16.7. The van der Waals surface area contributed by atoms with E-state index in [4.69, 9.17) is 9.73 Å². The number of guanidine groups is 1. The Hall–Kier alpha value is -0.860. The quantitative estimate of drug-likeness (QED) is 0.352. The minimum atomic E-state index is 0. The monoisotopic (exact) mass is 488 g/mol. The van der Waals surface area contributed by atoms with Crippen molar-refractivity contribution in [2.24, 2.45) is 4.99 Å². The zero-order chi connectivity index (χ0) is 19.0. The van der Waals surface area contributed by atoms with Gasteiger partial charge in [-0.2, -0.15) is 0 Å². The molecule has 1 aromatic carbocycles. The summed E-state index contributed by atoms with van der Waals surface area (Å²) in [6, 6.07) is 6.75. The highest BCUT2D eigenvalue weighted by molar-refractivity contribution is 14.0. The number of rotatable bonds is 7. The molecule has 5 nitrogen and oxygen atoms in total. The van der Waals surface area contributed by atoms with Crippen molar-refractivity contribution < 1.29 is 4.74 Å². The summed E-state index contributed by atoms with van der Waals surface area (Å²) in [5, 5.41) is 6.87. The van der Waals surface area contributed by atoms with E-state index in [0.717, 1.165) is 58.1 Å². The van der Waals surface area contributed by atoms with Gasteiger partial charge in [0.25, 0.3) is 0 Å². The van der Waals surface area contributed by atoms with Crippen molar-refractivity contribution in [2.75, 3.05) is 46.9 Å². The van der Waals surface area contributed by atoms with Crippen molar-refractivity contribution in [1.82, 2.24) is 15.5 Å². The molecule has 154 valence electrons. The molecule has 2 N–H and O–H groups in total. The molecule has 0 bridgehead atoms. The molecule has 1 fully saturated rings. The molecule has 0 aromatic heterocycles. The SMILES string of the molecule is CCNC(=NCC1(N(C)C)CCOCC1)NCCc1cc(C)cc(C)c1.I. The molecule has 2 rings (SSSR count). The highest BCUT2D eigenvalue weighted by atomic mass is 127. The largest absolute Gasteiger partial charge is 0.381 e. The average Bonchev–Trinajstić information content (AvgIpc) is 2.59. The van der Waals surface area contributed by atoms with Crippen LogP contribution in [0.2, 0.25) is 0 Å². The van der Waals surface area contributed by atoms with Gasteiger partial charge in [0, 0.05) is 31.8 Å². The van der Waals surface area contributed by atoms with Gasteiger partial charge < -0.3 is 20.3 Å². The summed E-state index contributed by atoms with van der Waals surface area (Å²) in [6.45, 7) is 10.6. The van der Waals surface area contributed by atoms with Gasteiger partial charge in [-0.1, -0.05) is 29.3 Å². The van der Waals surface area contributed by atoms with Crippen LogP contribution in [0.4, 0.5) is 0 Å². The Balaban J connectivity index is 0.00000364. The Morgan fingerprint density at radius 3 is 2.30 bits per heavy atom. The van der Waals surface area contributed by atoms with Crippen molar-refractivity contribution in [3.8, 4) is 0 Å². The molecule has 1 saturated heterocycles. The maximum absolute atomic E-state index is 5.56. The number of nitrogens with zero attached hydrogens (tertiary/aromatic N) is 2. The van der Waals surface area contributed by atoms with Gasteiger partial charge in [0.1, 0.15) is 0 Å². The van der Waals surface area contributed by atoms with Gasteiger partial charge in [0.2, 0.25) is 0 Å². The predicted octanol–water partition coefficient (Wildman–Crippen LogP) is 3.13. The number of hydrogen-bond acceptors (Lipinski definition) is 3. The molecule has 0 aliphatic carbocycles. The van der Waals surface area contributed by atoms with Crippen LogP contribution in [-0.2, 0) is 11.2 Å². The third-order valence-corrected chi connectivity index (χ3v) is 5.24. The van der Waals surface area contributed by atoms with Crippen molar-refractivity contribution >= 4 is 29.9 Å². The molecule has 0 amide bonds. The zero-order valence-corrected chi connectivity index (χ0v) is 19.9. The van der Waals surface area contributed by atoms with Crippen LogP contribution in [0, 0.1) is 13.8 Å². The first kappa shape index (κ1) is 24.2. The van der Waals surface area contributed by atoms with E-state index in [1.54, 1.807) is 0 Å². The van der Waals surface area contributed by atoms with Crippen LogP contribution in [0.1, 0.15) is 36.5 Å². The zero-order valence-electron chi connectivity index (χ0n) is 17.6. The summed E-state index contributed by atoms with van der Waals surface area (Å²) in [6.07, 6.45) is 3.07. The second-order valence-corrected chi connectivity index (χ2v) is 7.60. The topological polar surface area (TPSA) is 48.9 Å². The van der Waals surface area contributed by atoms with E-state index in [0.29, 0.717) is 0 Å². The smallest absolute Gasteiger partial charge is 0.191 e. The molecule has 0 saturated carbocycles. The first-order chi connectivity index (χ1) is 12.4. The van der Waals surface area contributed by atoms with E-state index in [1.165, 1.54) is 16.7 Å². The first-order valence-corrected chi connectivity index (χ1v) is 9.80. The maximum atomic E-state index is 5.56. The number of aliphatic imine (C=N–C) groups is 1. The van der Waals surface area contributed by atoms with E-state index in [1.807, 2.05) is 0 Å². The highest BCUT2D eigenvalue weighted by Gasteiger charge is 2.34. The average molecular weight is 488 g/mol. The second-order valence-electron chi connectivity index (χ2n) is 7.60. The Morgan fingerprint density at radius 2 is 1.74 bits per heavy atom. The molecular formula is C21H37IN4O. The molecule has 1 heterocycles. The van der Waals surface area contributed by atoms with Gasteiger partial charge in [0.05, 0.1) is 6.54 Å². The van der Waals surface area contributed by atoms with Crippen molar-refractivity contribution in [1.29, 1.82) is 0 Å². The summed E-state index contributed by atoms with van der Waals surface area (Å²) in [5.41, 5.74) is 4.13. The van der Waals surface area contributed by atoms with Crippen LogP contribution in [0.15, 0.2) is 23.2 Å². The van der Waals surface area contributed by atoms with Crippen LogP contribution >= 0.6 is 24.0 Å².